The Morgan fingerprint density at radius 2 is 2.32 bits per heavy atom. The highest BCUT2D eigenvalue weighted by Crippen LogP contribution is 2.14. The molecule has 0 bridgehead atoms. The summed E-state index contributed by atoms with van der Waals surface area (Å²) in [5, 5.41) is 14.3. The smallest absolute Gasteiger partial charge is 0.235 e. The van der Waals surface area contributed by atoms with Crippen molar-refractivity contribution in [3.05, 3.63) is 29.8 Å². The quantitative estimate of drug-likeness (QED) is 0.314. The molecule has 1 atom stereocenters. The average Bonchev–Trinajstić information content (AvgIpc) is 2.40. The van der Waals surface area contributed by atoms with Crippen LogP contribution in [0.15, 0.2) is 29.4 Å². The fraction of sp³-hybridized carbons (Fsp3) is 0.385. The number of hydrogen-bond acceptors (Lipinski definition) is 4. The molecule has 0 fully saturated rings. The Bertz CT molecular complexity index is 460. The van der Waals surface area contributed by atoms with Gasteiger partial charge in [0, 0.05) is 12.8 Å². The SMILES string of the molecule is CCC(C(=O)Nc1cccc(COC)c1)C(N)=NO. The second-order valence-electron chi connectivity index (χ2n) is 4.11. The van der Waals surface area contributed by atoms with Crippen LogP contribution in [0.25, 0.3) is 0 Å². The molecule has 6 nitrogen and oxygen atoms in total. The molecular weight excluding hydrogens is 246 g/mol. The third-order valence-electron chi connectivity index (χ3n) is 2.70. The number of hydrogen-bond donors (Lipinski definition) is 3. The highest BCUT2D eigenvalue weighted by atomic mass is 16.5. The summed E-state index contributed by atoms with van der Waals surface area (Å²) < 4.78 is 5.03. The van der Waals surface area contributed by atoms with E-state index in [1.807, 2.05) is 18.2 Å². The molecule has 0 aliphatic carbocycles. The van der Waals surface area contributed by atoms with Crippen LogP contribution in [0.4, 0.5) is 5.69 Å². The number of oxime groups is 1. The van der Waals surface area contributed by atoms with E-state index in [0.29, 0.717) is 18.7 Å². The van der Waals surface area contributed by atoms with Crippen LogP contribution in [0.2, 0.25) is 0 Å². The third kappa shape index (κ3) is 4.26. The van der Waals surface area contributed by atoms with Crippen LogP contribution in [0.3, 0.4) is 0 Å². The lowest BCUT2D eigenvalue weighted by atomic mass is 10.0. The second-order valence-corrected chi connectivity index (χ2v) is 4.11. The van der Waals surface area contributed by atoms with Gasteiger partial charge in [-0.15, -0.1) is 0 Å². The van der Waals surface area contributed by atoms with Crippen molar-refractivity contribution < 1.29 is 14.7 Å². The van der Waals surface area contributed by atoms with Crippen molar-refractivity contribution in [3.63, 3.8) is 0 Å². The summed E-state index contributed by atoms with van der Waals surface area (Å²) in [6.07, 6.45) is 0.458. The van der Waals surface area contributed by atoms with E-state index in [9.17, 15) is 4.79 Å². The molecule has 0 spiro atoms. The van der Waals surface area contributed by atoms with Crippen LogP contribution in [0.5, 0.6) is 0 Å². The zero-order valence-corrected chi connectivity index (χ0v) is 11.1. The molecule has 1 aromatic carbocycles. The molecular formula is C13H19N3O3. The Morgan fingerprint density at radius 1 is 1.58 bits per heavy atom. The van der Waals surface area contributed by atoms with Crippen molar-refractivity contribution >= 4 is 17.4 Å². The fourth-order valence-electron chi connectivity index (χ4n) is 1.73. The van der Waals surface area contributed by atoms with Gasteiger partial charge >= 0.3 is 0 Å². The van der Waals surface area contributed by atoms with E-state index in [2.05, 4.69) is 10.5 Å². The molecule has 1 unspecified atom stereocenters. The number of nitrogens with two attached hydrogens (primary N) is 1. The monoisotopic (exact) mass is 265 g/mol. The Hall–Kier alpha value is -2.08. The second kappa shape index (κ2) is 7.38. The molecule has 0 aliphatic rings. The normalized spacial score (nSPS) is 13.1. The van der Waals surface area contributed by atoms with E-state index in [0.717, 1.165) is 5.56 Å². The molecule has 0 aliphatic heterocycles. The largest absolute Gasteiger partial charge is 0.409 e. The lowest BCUT2D eigenvalue weighted by Gasteiger charge is -2.14. The predicted octanol–water partition coefficient (Wildman–Crippen LogP) is 1.54. The Balaban J connectivity index is 2.78. The molecule has 0 saturated carbocycles. The van der Waals surface area contributed by atoms with Crippen LogP contribution in [0, 0.1) is 5.92 Å². The Morgan fingerprint density at radius 3 is 2.89 bits per heavy atom. The van der Waals surface area contributed by atoms with Crippen molar-refractivity contribution in [2.24, 2.45) is 16.8 Å². The Kier molecular flexibility index (Phi) is 5.81. The zero-order chi connectivity index (χ0) is 14.3. The third-order valence-corrected chi connectivity index (χ3v) is 2.70. The van der Waals surface area contributed by atoms with Gasteiger partial charge in [-0.2, -0.15) is 0 Å². The highest BCUT2D eigenvalue weighted by molar-refractivity contribution is 6.07. The first kappa shape index (κ1) is 15.0. The highest BCUT2D eigenvalue weighted by Gasteiger charge is 2.21. The first-order chi connectivity index (χ1) is 9.12. The van der Waals surface area contributed by atoms with Crippen LogP contribution in [0.1, 0.15) is 18.9 Å². The molecule has 4 N–H and O–H groups in total. The molecule has 0 aromatic heterocycles. The number of anilines is 1. The molecule has 1 aromatic rings. The molecule has 0 radical (unpaired) electrons. The predicted molar refractivity (Wildman–Crippen MR) is 73.0 cm³/mol. The summed E-state index contributed by atoms with van der Waals surface area (Å²) in [4.78, 5) is 12.0. The first-order valence-corrected chi connectivity index (χ1v) is 5.98. The number of benzene rings is 1. The first-order valence-electron chi connectivity index (χ1n) is 5.98. The molecule has 1 amide bonds. The van der Waals surface area contributed by atoms with E-state index in [1.165, 1.54) is 0 Å². The van der Waals surface area contributed by atoms with Gasteiger partial charge in [0.1, 0.15) is 0 Å². The van der Waals surface area contributed by atoms with E-state index in [-0.39, 0.29) is 11.7 Å². The summed E-state index contributed by atoms with van der Waals surface area (Å²) in [5.41, 5.74) is 7.09. The molecule has 6 heteroatoms. The molecule has 19 heavy (non-hydrogen) atoms. The van der Waals surface area contributed by atoms with Gasteiger partial charge in [-0.25, -0.2) is 0 Å². The number of nitrogens with zero attached hydrogens (tertiary/aromatic N) is 1. The minimum Gasteiger partial charge on any atom is -0.409 e. The van der Waals surface area contributed by atoms with E-state index in [4.69, 9.17) is 15.7 Å². The maximum atomic E-state index is 12.0. The summed E-state index contributed by atoms with van der Waals surface area (Å²) in [5.74, 6) is -1.03. The van der Waals surface area contributed by atoms with Crippen LogP contribution in [-0.2, 0) is 16.1 Å². The Labute approximate surface area is 112 Å². The number of ether oxygens (including phenoxy) is 1. The molecule has 0 saturated heterocycles. The van der Waals surface area contributed by atoms with Gasteiger partial charge in [-0.05, 0) is 24.1 Å². The summed E-state index contributed by atoms with van der Waals surface area (Å²) in [6.45, 7) is 2.27. The van der Waals surface area contributed by atoms with Crippen molar-refractivity contribution in [1.29, 1.82) is 0 Å². The summed E-state index contributed by atoms with van der Waals surface area (Å²) in [7, 11) is 1.61. The van der Waals surface area contributed by atoms with E-state index >= 15 is 0 Å². The van der Waals surface area contributed by atoms with Gasteiger partial charge in [0.15, 0.2) is 5.84 Å². The maximum absolute atomic E-state index is 12.0. The number of amidine groups is 1. The van der Waals surface area contributed by atoms with Crippen LogP contribution < -0.4 is 11.1 Å². The lowest BCUT2D eigenvalue weighted by molar-refractivity contribution is -0.118. The summed E-state index contributed by atoms with van der Waals surface area (Å²) >= 11 is 0. The van der Waals surface area contributed by atoms with Crippen molar-refractivity contribution in [3.8, 4) is 0 Å². The summed E-state index contributed by atoms with van der Waals surface area (Å²) in [6, 6.07) is 7.32. The maximum Gasteiger partial charge on any atom is 0.235 e. The van der Waals surface area contributed by atoms with Gasteiger partial charge in [0.25, 0.3) is 0 Å². The van der Waals surface area contributed by atoms with Gasteiger partial charge in [-0.1, -0.05) is 24.2 Å². The fourth-order valence-corrected chi connectivity index (χ4v) is 1.73. The van der Waals surface area contributed by atoms with Crippen LogP contribution >= 0.6 is 0 Å². The molecule has 104 valence electrons. The average molecular weight is 265 g/mol. The van der Waals surface area contributed by atoms with Gasteiger partial charge in [-0.3, -0.25) is 4.79 Å². The number of rotatable bonds is 6. The number of nitrogens with one attached hydrogen (secondary N) is 1. The standard InChI is InChI=1S/C13H19N3O3/c1-3-11(12(14)16-18)13(17)15-10-6-4-5-9(7-10)8-19-2/h4-7,11,18H,3,8H2,1-2H3,(H2,14,16)(H,15,17). The van der Waals surface area contributed by atoms with Crippen molar-refractivity contribution in [2.45, 2.75) is 20.0 Å². The number of carbonyl (C=O) groups is 1. The van der Waals surface area contributed by atoms with Crippen LogP contribution in [-0.4, -0.2) is 24.1 Å². The van der Waals surface area contributed by atoms with Crippen molar-refractivity contribution in [1.82, 2.24) is 0 Å². The van der Waals surface area contributed by atoms with Gasteiger partial charge in [0.2, 0.25) is 5.91 Å². The molecule has 1 rings (SSSR count). The van der Waals surface area contributed by atoms with Crippen molar-refractivity contribution in [2.75, 3.05) is 12.4 Å². The minimum atomic E-state index is -0.643. The van der Waals surface area contributed by atoms with Gasteiger partial charge < -0.3 is 21.0 Å². The number of carbonyl (C=O) groups excluding carboxylic acids is 1. The topological polar surface area (TPSA) is 96.9 Å². The number of amides is 1. The van der Waals surface area contributed by atoms with E-state index in [1.54, 1.807) is 20.1 Å². The molecule has 0 heterocycles. The zero-order valence-electron chi connectivity index (χ0n) is 11.1. The minimum absolute atomic E-state index is 0.0898. The lowest BCUT2D eigenvalue weighted by Crippen LogP contribution is -2.34. The number of methoxy groups -OCH3 is 1. The van der Waals surface area contributed by atoms with Gasteiger partial charge in [0.05, 0.1) is 12.5 Å². The van der Waals surface area contributed by atoms with E-state index < -0.39 is 5.92 Å².